The Morgan fingerprint density at radius 2 is 1.97 bits per heavy atom. The van der Waals surface area contributed by atoms with Crippen LogP contribution in [0.25, 0.3) is 22.4 Å². The fraction of sp³-hybridized carbons (Fsp3) is 0.217. The van der Waals surface area contributed by atoms with E-state index in [1.165, 1.54) is 6.07 Å². The van der Waals surface area contributed by atoms with Gasteiger partial charge in [-0.1, -0.05) is 29.8 Å². The largest absolute Gasteiger partial charge is 0.465 e. The molecule has 0 saturated carbocycles. The standard InChI is InChI=1S/C23H21F2N3O3/c1-13-3-2-4-15(9-13)21-17(14-5-6-18(24)19(25)10-14)11-20-22(29)27-12-16(28(20)21)7-8-26-23(30)31/h2-6,9-11,16,26H,7-8,12H2,1H3,(H,27,29)(H,30,31). The average Bonchev–Trinajstić information content (AvgIpc) is 3.13. The van der Waals surface area contributed by atoms with Gasteiger partial charge in [-0.3, -0.25) is 4.79 Å². The highest BCUT2D eigenvalue weighted by Crippen LogP contribution is 2.39. The van der Waals surface area contributed by atoms with E-state index in [0.717, 1.165) is 23.3 Å². The zero-order valence-electron chi connectivity index (χ0n) is 16.8. The van der Waals surface area contributed by atoms with Crippen molar-refractivity contribution in [3.05, 3.63) is 71.4 Å². The van der Waals surface area contributed by atoms with Crippen molar-refractivity contribution in [2.45, 2.75) is 19.4 Å². The van der Waals surface area contributed by atoms with Gasteiger partial charge >= 0.3 is 6.09 Å². The van der Waals surface area contributed by atoms with Crippen molar-refractivity contribution in [1.29, 1.82) is 0 Å². The lowest BCUT2D eigenvalue weighted by molar-refractivity contribution is 0.0913. The monoisotopic (exact) mass is 425 g/mol. The minimum atomic E-state index is -1.12. The summed E-state index contributed by atoms with van der Waals surface area (Å²) in [6, 6.07) is 12.8. The molecule has 1 aliphatic rings. The third-order valence-electron chi connectivity index (χ3n) is 5.41. The molecule has 4 rings (SSSR count). The van der Waals surface area contributed by atoms with Crippen molar-refractivity contribution < 1.29 is 23.5 Å². The van der Waals surface area contributed by atoms with Gasteiger partial charge in [-0.15, -0.1) is 0 Å². The number of aromatic nitrogens is 1. The van der Waals surface area contributed by atoms with E-state index in [4.69, 9.17) is 5.11 Å². The Balaban J connectivity index is 1.91. The summed E-state index contributed by atoms with van der Waals surface area (Å²) in [5.41, 5.74) is 3.99. The molecule has 0 fully saturated rings. The van der Waals surface area contributed by atoms with Gasteiger partial charge in [0.15, 0.2) is 11.6 Å². The molecule has 0 radical (unpaired) electrons. The zero-order chi connectivity index (χ0) is 22.1. The third kappa shape index (κ3) is 4.01. The Bertz CT molecular complexity index is 1170. The number of carbonyl (C=O) groups excluding carboxylic acids is 1. The van der Waals surface area contributed by atoms with Crippen LogP contribution in [0.1, 0.15) is 28.5 Å². The number of nitrogens with zero attached hydrogens (tertiary/aromatic N) is 1. The van der Waals surface area contributed by atoms with Gasteiger partial charge in [-0.05, 0) is 48.7 Å². The fourth-order valence-corrected chi connectivity index (χ4v) is 4.02. The predicted octanol–water partition coefficient (Wildman–Crippen LogP) is 4.35. The molecule has 1 unspecified atom stereocenters. The molecular weight excluding hydrogens is 404 g/mol. The third-order valence-corrected chi connectivity index (χ3v) is 5.41. The van der Waals surface area contributed by atoms with Crippen LogP contribution in [0.3, 0.4) is 0 Å². The molecule has 6 nitrogen and oxygen atoms in total. The molecule has 3 N–H and O–H groups in total. The Hall–Kier alpha value is -3.68. The number of rotatable bonds is 5. The maximum Gasteiger partial charge on any atom is 0.404 e. The second-order valence-corrected chi connectivity index (χ2v) is 7.54. The van der Waals surface area contributed by atoms with Crippen LogP contribution in [0.15, 0.2) is 48.5 Å². The number of halogens is 2. The number of aryl methyl sites for hydroxylation is 1. The minimum Gasteiger partial charge on any atom is -0.465 e. The summed E-state index contributed by atoms with van der Waals surface area (Å²) in [7, 11) is 0. The molecule has 3 aromatic rings. The molecule has 0 bridgehead atoms. The summed E-state index contributed by atoms with van der Waals surface area (Å²) in [6.45, 7) is 2.49. The normalized spacial score (nSPS) is 15.3. The molecule has 160 valence electrons. The predicted molar refractivity (Wildman–Crippen MR) is 112 cm³/mol. The van der Waals surface area contributed by atoms with Crippen molar-refractivity contribution >= 4 is 12.0 Å². The van der Waals surface area contributed by atoms with Crippen LogP contribution < -0.4 is 10.6 Å². The van der Waals surface area contributed by atoms with Crippen LogP contribution in [-0.4, -0.2) is 34.8 Å². The van der Waals surface area contributed by atoms with E-state index in [-0.39, 0.29) is 18.5 Å². The van der Waals surface area contributed by atoms with Crippen molar-refractivity contribution in [1.82, 2.24) is 15.2 Å². The first-order valence-electron chi connectivity index (χ1n) is 9.88. The first kappa shape index (κ1) is 20.6. The highest BCUT2D eigenvalue weighted by Gasteiger charge is 2.31. The maximum absolute atomic E-state index is 14.0. The number of benzene rings is 2. The SMILES string of the molecule is Cc1cccc(-c2c(-c3ccc(F)c(F)c3)cc3n2C(CCNC(=O)O)CNC3=O)c1. The minimum absolute atomic E-state index is 0.210. The Kier molecular flexibility index (Phi) is 5.46. The molecule has 2 aromatic carbocycles. The van der Waals surface area contributed by atoms with E-state index in [0.29, 0.717) is 35.5 Å². The van der Waals surface area contributed by atoms with Crippen LogP contribution in [-0.2, 0) is 0 Å². The molecule has 2 heterocycles. The lowest BCUT2D eigenvalue weighted by atomic mass is 9.99. The van der Waals surface area contributed by atoms with Gasteiger partial charge in [0.05, 0.1) is 11.7 Å². The number of nitrogens with one attached hydrogen (secondary N) is 2. The summed E-state index contributed by atoms with van der Waals surface area (Å²) >= 11 is 0. The molecule has 1 atom stereocenters. The first-order chi connectivity index (χ1) is 14.8. The Labute approximate surface area is 177 Å². The van der Waals surface area contributed by atoms with Crippen LogP contribution in [0.5, 0.6) is 0 Å². The van der Waals surface area contributed by atoms with E-state index in [1.807, 2.05) is 35.8 Å². The molecule has 1 aliphatic heterocycles. The molecule has 2 amide bonds. The Morgan fingerprint density at radius 3 is 2.68 bits per heavy atom. The molecule has 1 aromatic heterocycles. The number of amides is 2. The fourth-order valence-electron chi connectivity index (χ4n) is 4.02. The topological polar surface area (TPSA) is 83.4 Å². The summed E-state index contributed by atoms with van der Waals surface area (Å²) in [5, 5.41) is 14.1. The molecule has 8 heteroatoms. The maximum atomic E-state index is 14.0. The number of hydrogen-bond acceptors (Lipinski definition) is 2. The number of fused-ring (bicyclic) bond motifs is 1. The Morgan fingerprint density at radius 1 is 1.16 bits per heavy atom. The van der Waals surface area contributed by atoms with E-state index in [1.54, 1.807) is 6.07 Å². The van der Waals surface area contributed by atoms with Crippen molar-refractivity contribution in [2.24, 2.45) is 0 Å². The quantitative estimate of drug-likeness (QED) is 0.568. The second kappa shape index (κ2) is 8.22. The van der Waals surface area contributed by atoms with Gasteiger partial charge in [-0.2, -0.15) is 0 Å². The average molecular weight is 425 g/mol. The van der Waals surface area contributed by atoms with E-state index >= 15 is 0 Å². The lowest BCUT2D eigenvalue weighted by Gasteiger charge is -2.29. The summed E-state index contributed by atoms with van der Waals surface area (Å²) in [6.07, 6.45) is -0.668. The highest BCUT2D eigenvalue weighted by atomic mass is 19.2. The number of carboxylic acid groups (broad SMARTS) is 1. The van der Waals surface area contributed by atoms with Gasteiger partial charge in [0, 0.05) is 18.7 Å². The molecule has 0 spiro atoms. The molecule has 0 aliphatic carbocycles. The van der Waals surface area contributed by atoms with Crippen LogP contribution >= 0.6 is 0 Å². The lowest BCUT2D eigenvalue weighted by Crippen LogP contribution is -2.40. The van der Waals surface area contributed by atoms with Gasteiger partial charge in [-0.25, -0.2) is 13.6 Å². The van der Waals surface area contributed by atoms with Crippen molar-refractivity contribution in [3.8, 4) is 22.4 Å². The van der Waals surface area contributed by atoms with E-state index in [9.17, 15) is 18.4 Å². The van der Waals surface area contributed by atoms with E-state index in [2.05, 4.69) is 10.6 Å². The number of carbonyl (C=O) groups is 2. The van der Waals surface area contributed by atoms with Gasteiger partial charge in [0.2, 0.25) is 0 Å². The van der Waals surface area contributed by atoms with Gasteiger partial charge < -0.3 is 20.3 Å². The van der Waals surface area contributed by atoms with Gasteiger partial charge in [0.25, 0.3) is 5.91 Å². The second-order valence-electron chi connectivity index (χ2n) is 7.54. The molecule has 31 heavy (non-hydrogen) atoms. The zero-order valence-corrected chi connectivity index (χ0v) is 16.8. The van der Waals surface area contributed by atoms with E-state index < -0.39 is 17.7 Å². The number of hydrogen-bond donors (Lipinski definition) is 3. The first-order valence-corrected chi connectivity index (χ1v) is 9.88. The smallest absolute Gasteiger partial charge is 0.404 e. The van der Waals surface area contributed by atoms with Crippen LogP contribution in [0.4, 0.5) is 13.6 Å². The summed E-state index contributed by atoms with van der Waals surface area (Å²) < 4.78 is 29.4. The summed E-state index contributed by atoms with van der Waals surface area (Å²) in [4.78, 5) is 23.5. The van der Waals surface area contributed by atoms with Crippen LogP contribution in [0.2, 0.25) is 0 Å². The van der Waals surface area contributed by atoms with Crippen molar-refractivity contribution in [3.63, 3.8) is 0 Å². The highest BCUT2D eigenvalue weighted by molar-refractivity contribution is 5.98. The van der Waals surface area contributed by atoms with Crippen LogP contribution in [0, 0.1) is 18.6 Å². The molecule has 0 saturated heterocycles. The molecular formula is C23H21F2N3O3. The van der Waals surface area contributed by atoms with Crippen molar-refractivity contribution in [2.75, 3.05) is 13.1 Å². The summed E-state index contributed by atoms with van der Waals surface area (Å²) in [5.74, 6) is -2.19. The van der Waals surface area contributed by atoms with Gasteiger partial charge in [0.1, 0.15) is 5.69 Å².